The van der Waals surface area contributed by atoms with Crippen LogP contribution < -0.4 is 10.6 Å². The fourth-order valence-electron chi connectivity index (χ4n) is 2.90. The fourth-order valence-corrected chi connectivity index (χ4v) is 2.90. The quantitative estimate of drug-likeness (QED) is 0.838. The van der Waals surface area contributed by atoms with Gasteiger partial charge in [0.2, 0.25) is 0 Å². The lowest BCUT2D eigenvalue weighted by Gasteiger charge is -2.32. The molecule has 0 aliphatic carbocycles. The van der Waals surface area contributed by atoms with E-state index in [-0.39, 0.29) is 0 Å². The van der Waals surface area contributed by atoms with Crippen LogP contribution in [0.15, 0.2) is 24.3 Å². The molecular weight excluding hydrogens is 236 g/mol. The molecule has 0 saturated heterocycles. The summed E-state index contributed by atoms with van der Waals surface area (Å²) >= 11 is 0. The summed E-state index contributed by atoms with van der Waals surface area (Å²) in [7, 11) is 2.01. The van der Waals surface area contributed by atoms with Crippen LogP contribution in [-0.4, -0.2) is 16.3 Å². The minimum Gasteiger partial charge on any atom is -0.398 e. The maximum atomic E-state index is 6.09. The molecule has 4 nitrogen and oxygen atoms in total. The molecule has 0 saturated carbocycles. The molecule has 2 heterocycles. The van der Waals surface area contributed by atoms with E-state index < -0.39 is 0 Å². The van der Waals surface area contributed by atoms with E-state index in [1.807, 2.05) is 30.8 Å². The van der Waals surface area contributed by atoms with Gasteiger partial charge >= 0.3 is 0 Å². The van der Waals surface area contributed by atoms with E-state index in [4.69, 9.17) is 5.73 Å². The molecule has 100 valence electrons. The lowest BCUT2D eigenvalue weighted by atomic mass is 10.00. The number of hydrogen-bond donors (Lipinski definition) is 1. The minimum atomic E-state index is 0.897. The number of rotatable bonds is 2. The third kappa shape index (κ3) is 2.18. The summed E-state index contributed by atoms with van der Waals surface area (Å²) in [5.41, 5.74) is 11.9. The summed E-state index contributed by atoms with van der Waals surface area (Å²) in [6, 6.07) is 8.37. The zero-order chi connectivity index (χ0) is 13.4. The Morgan fingerprint density at radius 2 is 2.21 bits per heavy atom. The first kappa shape index (κ1) is 12.1. The van der Waals surface area contributed by atoms with E-state index in [0.29, 0.717) is 0 Å². The van der Waals surface area contributed by atoms with Crippen molar-refractivity contribution in [1.29, 1.82) is 0 Å². The van der Waals surface area contributed by atoms with Crippen LogP contribution in [0.2, 0.25) is 0 Å². The molecule has 1 aromatic carbocycles. The average molecular weight is 256 g/mol. The summed E-state index contributed by atoms with van der Waals surface area (Å²) in [6.45, 7) is 4.01. The summed E-state index contributed by atoms with van der Waals surface area (Å²) in [6.07, 6.45) is 2.25. The van der Waals surface area contributed by atoms with Crippen LogP contribution >= 0.6 is 0 Å². The van der Waals surface area contributed by atoms with Gasteiger partial charge in [-0.1, -0.05) is 6.07 Å². The van der Waals surface area contributed by atoms with Crippen LogP contribution in [0, 0.1) is 6.92 Å². The minimum absolute atomic E-state index is 0.897. The number of aryl methyl sites for hydroxylation is 2. The molecule has 0 atom stereocenters. The van der Waals surface area contributed by atoms with Crippen LogP contribution in [-0.2, 0) is 20.0 Å². The fraction of sp³-hybridized carbons (Fsp3) is 0.400. The molecule has 2 aromatic rings. The Morgan fingerprint density at radius 3 is 2.95 bits per heavy atom. The predicted molar refractivity (Wildman–Crippen MR) is 78.2 cm³/mol. The Hall–Kier alpha value is -1.97. The standard InChI is InChI=1S/C15H20N4/c1-11-9-12(18(2)17-11)10-19-8-4-5-13-14(16)6-3-7-15(13)19/h3,6-7,9H,4-5,8,10,16H2,1-2H3. The van der Waals surface area contributed by atoms with Gasteiger partial charge in [0.05, 0.1) is 17.9 Å². The molecule has 0 unspecified atom stereocenters. The van der Waals surface area contributed by atoms with Crippen LogP contribution in [0.1, 0.15) is 23.4 Å². The number of nitrogens with two attached hydrogens (primary N) is 1. The van der Waals surface area contributed by atoms with Gasteiger partial charge in [0, 0.05) is 25.0 Å². The normalized spacial score (nSPS) is 14.5. The van der Waals surface area contributed by atoms with Crippen molar-refractivity contribution in [3.8, 4) is 0 Å². The van der Waals surface area contributed by atoms with Gasteiger partial charge in [-0.15, -0.1) is 0 Å². The van der Waals surface area contributed by atoms with Gasteiger partial charge in [0.15, 0.2) is 0 Å². The number of hydrogen-bond acceptors (Lipinski definition) is 3. The topological polar surface area (TPSA) is 47.1 Å². The van der Waals surface area contributed by atoms with E-state index in [0.717, 1.165) is 37.3 Å². The summed E-state index contributed by atoms with van der Waals surface area (Å²) < 4.78 is 1.97. The van der Waals surface area contributed by atoms with Crippen molar-refractivity contribution >= 4 is 11.4 Å². The zero-order valence-electron chi connectivity index (χ0n) is 11.6. The van der Waals surface area contributed by atoms with Crippen molar-refractivity contribution in [1.82, 2.24) is 9.78 Å². The van der Waals surface area contributed by atoms with E-state index >= 15 is 0 Å². The van der Waals surface area contributed by atoms with Crippen molar-refractivity contribution in [2.75, 3.05) is 17.2 Å². The molecule has 2 N–H and O–H groups in total. The first-order chi connectivity index (χ1) is 9.15. The van der Waals surface area contributed by atoms with Gasteiger partial charge in [-0.3, -0.25) is 4.68 Å². The lowest BCUT2D eigenvalue weighted by Crippen LogP contribution is -2.30. The molecule has 1 aliphatic rings. The monoisotopic (exact) mass is 256 g/mol. The van der Waals surface area contributed by atoms with E-state index in [2.05, 4.69) is 22.1 Å². The first-order valence-electron chi connectivity index (χ1n) is 6.77. The SMILES string of the molecule is Cc1cc(CN2CCCc3c(N)cccc32)n(C)n1. The zero-order valence-corrected chi connectivity index (χ0v) is 11.6. The Morgan fingerprint density at radius 1 is 1.37 bits per heavy atom. The number of nitrogen functional groups attached to an aromatic ring is 1. The summed E-state index contributed by atoms with van der Waals surface area (Å²) in [5, 5.41) is 4.42. The van der Waals surface area contributed by atoms with E-state index in [1.54, 1.807) is 0 Å². The highest BCUT2D eigenvalue weighted by Crippen LogP contribution is 2.32. The highest BCUT2D eigenvalue weighted by atomic mass is 15.3. The second-order valence-electron chi connectivity index (χ2n) is 5.27. The molecule has 0 fully saturated rings. The number of aromatic nitrogens is 2. The molecule has 1 aromatic heterocycles. The largest absolute Gasteiger partial charge is 0.398 e. The third-order valence-electron chi connectivity index (χ3n) is 3.83. The number of nitrogens with zero attached hydrogens (tertiary/aromatic N) is 3. The third-order valence-corrected chi connectivity index (χ3v) is 3.83. The molecule has 0 amide bonds. The predicted octanol–water partition coefficient (Wildman–Crippen LogP) is 2.26. The lowest BCUT2D eigenvalue weighted by molar-refractivity contribution is 0.643. The van der Waals surface area contributed by atoms with Crippen molar-refractivity contribution in [3.05, 3.63) is 41.2 Å². The molecule has 4 heteroatoms. The molecule has 0 bridgehead atoms. The van der Waals surface area contributed by atoms with Gasteiger partial charge in [-0.2, -0.15) is 5.10 Å². The first-order valence-corrected chi connectivity index (χ1v) is 6.77. The molecule has 19 heavy (non-hydrogen) atoms. The smallest absolute Gasteiger partial charge is 0.0599 e. The van der Waals surface area contributed by atoms with Gasteiger partial charge in [-0.25, -0.2) is 0 Å². The van der Waals surface area contributed by atoms with Gasteiger partial charge < -0.3 is 10.6 Å². The highest BCUT2D eigenvalue weighted by Gasteiger charge is 2.19. The molecule has 1 aliphatic heterocycles. The van der Waals surface area contributed by atoms with Crippen molar-refractivity contribution in [2.45, 2.75) is 26.3 Å². The molecule has 3 rings (SSSR count). The molecular formula is C15H20N4. The number of fused-ring (bicyclic) bond motifs is 1. The Bertz CT molecular complexity index is 600. The molecule has 0 radical (unpaired) electrons. The maximum absolute atomic E-state index is 6.09. The van der Waals surface area contributed by atoms with Gasteiger partial charge in [-0.05, 0) is 43.5 Å². The van der Waals surface area contributed by atoms with E-state index in [9.17, 15) is 0 Å². The summed E-state index contributed by atoms with van der Waals surface area (Å²) in [4.78, 5) is 2.41. The Labute approximate surface area is 113 Å². The molecule has 0 spiro atoms. The number of anilines is 2. The maximum Gasteiger partial charge on any atom is 0.0599 e. The Balaban J connectivity index is 1.92. The Kier molecular flexibility index (Phi) is 2.93. The highest BCUT2D eigenvalue weighted by molar-refractivity contribution is 5.66. The average Bonchev–Trinajstić information content (AvgIpc) is 2.69. The second-order valence-corrected chi connectivity index (χ2v) is 5.27. The van der Waals surface area contributed by atoms with Crippen molar-refractivity contribution in [3.63, 3.8) is 0 Å². The van der Waals surface area contributed by atoms with Crippen molar-refractivity contribution < 1.29 is 0 Å². The van der Waals surface area contributed by atoms with Gasteiger partial charge in [0.25, 0.3) is 0 Å². The van der Waals surface area contributed by atoms with Crippen LogP contribution in [0.4, 0.5) is 11.4 Å². The number of benzene rings is 1. The van der Waals surface area contributed by atoms with Gasteiger partial charge in [0.1, 0.15) is 0 Å². The summed E-state index contributed by atoms with van der Waals surface area (Å²) in [5.74, 6) is 0. The van der Waals surface area contributed by atoms with Crippen LogP contribution in [0.5, 0.6) is 0 Å². The van der Waals surface area contributed by atoms with E-state index in [1.165, 1.54) is 16.9 Å². The van der Waals surface area contributed by atoms with Crippen molar-refractivity contribution in [2.24, 2.45) is 7.05 Å². The van der Waals surface area contributed by atoms with Crippen LogP contribution in [0.25, 0.3) is 0 Å². The van der Waals surface area contributed by atoms with Crippen LogP contribution in [0.3, 0.4) is 0 Å². The second kappa shape index (κ2) is 4.61.